The Balaban J connectivity index is 1.86. The number of hydrogen-bond donors (Lipinski definition) is 0. The Morgan fingerprint density at radius 1 is 0.647 bits per heavy atom. The first-order valence-corrected chi connectivity index (χ1v) is 12.5. The molecule has 1 unspecified atom stereocenters. The van der Waals surface area contributed by atoms with Crippen LogP contribution in [0, 0.1) is 0 Å². The van der Waals surface area contributed by atoms with Gasteiger partial charge in [0.1, 0.15) is 5.75 Å². The summed E-state index contributed by atoms with van der Waals surface area (Å²) in [6.07, 6.45) is 2.24. The molecule has 1 nitrogen and oxygen atoms in total. The maximum Gasteiger partial charge on any atom is 0.127 e. The molecule has 0 fully saturated rings. The van der Waals surface area contributed by atoms with Crippen molar-refractivity contribution in [3.8, 4) is 39.1 Å². The van der Waals surface area contributed by atoms with Gasteiger partial charge in [0, 0.05) is 5.56 Å². The predicted molar refractivity (Wildman–Crippen MR) is 146 cm³/mol. The lowest BCUT2D eigenvalue weighted by atomic mass is 9.77. The molecule has 0 aliphatic rings. The highest BCUT2D eigenvalue weighted by Gasteiger charge is 2.23. The number of hydrogen-bond acceptors (Lipinski definition) is 1. The van der Waals surface area contributed by atoms with Crippen molar-refractivity contribution >= 4 is 0 Å². The van der Waals surface area contributed by atoms with E-state index in [9.17, 15) is 0 Å². The zero-order chi connectivity index (χ0) is 24.1. The third-order valence-corrected chi connectivity index (χ3v) is 7.02. The fraction of sp³-hybridized carbons (Fsp3) is 0.273. The van der Waals surface area contributed by atoms with E-state index in [0.29, 0.717) is 0 Å². The molecule has 0 aromatic heterocycles. The van der Waals surface area contributed by atoms with Gasteiger partial charge in [0.2, 0.25) is 0 Å². The van der Waals surface area contributed by atoms with Crippen molar-refractivity contribution in [1.29, 1.82) is 0 Å². The van der Waals surface area contributed by atoms with Gasteiger partial charge >= 0.3 is 0 Å². The summed E-state index contributed by atoms with van der Waals surface area (Å²) in [6, 6.07) is 34.9. The van der Waals surface area contributed by atoms with Crippen LogP contribution in [0.25, 0.3) is 33.4 Å². The first-order chi connectivity index (χ1) is 16.4. The molecule has 0 radical (unpaired) electrons. The van der Waals surface area contributed by atoms with Gasteiger partial charge in [-0.05, 0) is 76.8 Å². The van der Waals surface area contributed by atoms with Gasteiger partial charge in [-0.15, -0.1) is 0 Å². The quantitative estimate of drug-likeness (QED) is 0.261. The third-order valence-electron chi connectivity index (χ3n) is 7.02. The molecule has 34 heavy (non-hydrogen) atoms. The van der Waals surface area contributed by atoms with E-state index in [-0.39, 0.29) is 11.5 Å². The van der Waals surface area contributed by atoms with E-state index in [1.165, 1.54) is 33.4 Å². The van der Waals surface area contributed by atoms with Gasteiger partial charge in [0.15, 0.2) is 0 Å². The predicted octanol–water partition coefficient (Wildman–Crippen LogP) is 9.55. The van der Waals surface area contributed by atoms with Gasteiger partial charge < -0.3 is 4.74 Å². The summed E-state index contributed by atoms with van der Waals surface area (Å²) in [5.74, 6) is 0.941. The zero-order valence-electron chi connectivity index (χ0n) is 21.1. The summed E-state index contributed by atoms with van der Waals surface area (Å²) in [6.45, 7) is 11.2. The Hall–Kier alpha value is -3.32. The molecule has 4 aromatic carbocycles. The molecule has 0 aliphatic heterocycles. The number of rotatable bonds is 8. The van der Waals surface area contributed by atoms with Crippen molar-refractivity contribution in [2.24, 2.45) is 0 Å². The molecule has 0 bridgehead atoms. The molecule has 1 atom stereocenters. The lowest BCUT2D eigenvalue weighted by Gasteiger charge is -2.27. The molecule has 0 spiro atoms. The second kappa shape index (κ2) is 10.3. The molecule has 0 N–H and O–H groups in total. The number of benzene rings is 4. The normalized spacial score (nSPS) is 12.4. The maximum absolute atomic E-state index is 6.31. The van der Waals surface area contributed by atoms with E-state index in [1.807, 2.05) is 0 Å². The molecule has 0 amide bonds. The molecule has 1 heteroatoms. The van der Waals surface area contributed by atoms with Crippen LogP contribution in [-0.2, 0) is 5.41 Å². The van der Waals surface area contributed by atoms with Crippen molar-refractivity contribution in [3.05, 3.63) is 103 Å². The Kier molecular flexibility index (Phi) is 7.22. The SMILES string of the molecule is CCC(C)Oc1ccc(-c2ccc(C(C)(C)CC)c(-c3ccccc3)c2)cc1-c1ccccc1. The van der Waals surface area contributed by atoms with Crippen molar-refractivity contribution in [1.82, 2.24) is 0 Å². The molecular weight excluding hydrogens is 412 g/mol. The average Bonchev–Trinajstić information content (AvgIpc) is 2.89. The van der Waals surface area contributed by atoms with E-state index in [2.05, 4.69) is 132 Å². The van der Waals surface area contributed by atoms with Crippen molar-refractivity contribution < 1.29 is 4.74 Å². The molecule has 174 valence electrons. The molecular formula is C33H36O. The average molecular weight is 449 g/mol. The van der Waals surface area contributed by atoms with E-state index >= 15 is 0 Å². The molecule has 0 aliphatic carbocycles. The second-order valence-corrected chi connectivity index (χ2v) is 9.78. The van der Waals surface area contributed by atoms with Crippen molar-refractivity contribution in [3.63, 3.8) is 0 Å². The Bertz CT molecular complexity index is 1220. The largest absolute Gasteiger partial charge is 0.490 e. The number of ether oxygens (including phenoxy) is 1. The second-order valence-electron chi connectivity index (χ2n) is 9.78. The van der Waals surface area contributed by atoms with E-state index < -0.39 is 0 Å². The van der Waals surface area contributed by atoms with E-state index in [4.69, 9.17) is 4.74 Å². The van der Waals surface area contributed by atoms with Crippen LogP contribution in [0.2, 0.25) is 0 Å². The standard InChI is InChI=1S/C33H36O/c1-6-24(3)34-32-21-19-28(23-30(32)26-16-12-9-13-17-26)27-18-20-31(33(4,5)7-2)29(22-27)25-14-10-8-11-15-25/h8-24H,6-7H2,1-5H3. The Morgan fingerprint density at radius 2 is 1.18 bits per heavy atom. The van der Waals surface area contributed by atoms with E-state index in [1.54, 1.807) is 0 Å². The summed E-state index contributed by atoms with van der Waals surface area (Å²) < 4.78 is 6.31. The van der Waals surface area contributed by atoms with Crippen LogP contribution < -0.4 is 4.74 Å². The van der Waals surface area contributed by atoms with Gasteiger partial charge in [-0.25, -0.2) is 0 Å². The maximum atomic E-state index is 6.31. The fourth-order valence-corrected chi connectivity index (χ4v) is 4.32. The Labute approximate surface area is 205 Å². The van der Waals surface area contributed by atoms with Crippen LogP contribution in [0.3, 0.4) is 0 Å². The molecule has 0 saturated heterocycles. The smallest absolute Gasteiger partial charge is 0.127 e. The van der Waals surface area contributed by atoms with Crippen LogP contribution >= 0.6 is 0 Å². The summed E-state index contributed by atoms with van der Waals surface area (Å²) >= 11 is 0. The minimum Gasteiger partial charge on any atom is -0.490 e. The van der Waals surface area contributed by atoms with Crippen LogP contribution in [0.1, 0.15) is 53.0 Å². The van der Waals surface area contributed by atoms with Gasteiger partial charge in [0.05, 0.1) is 6.10 Å². The summed E-state index contributed by atoms with van der Waals surface area (Å²) in [5, 5.41) is 0. The highest BCUT2D eigenvalue weighted by molar-refractivity contribution is 5.81. The molecule has 0 heterocycles. The topological polar surface area (TPSA) is 9.23 Å². The minimum absolute atomic E-state index is 0.104. The lowest BCUT2D eigenvalue weighted by Crippen LogP contribution is -2.16. The first-order valence-electron chi connectivity index (χ1n) is 12.5. The Morgan fingerprint density at radius 3 is 1.74 bits per heavy atom. The fourth-order valence-electron chi connectivity index (χ4n) is 4.32. The third kappa shape index (κ3) is 5.09. The van der Waals surface area contributed by atoms with Gasteiger partial charge in [0.25, 0.3) is 0 Å². The molecule has 4 aromatic rings. The van der Waals surface area contributed by atoms with Crippen LogP contribution in [-0.4, -0.2) is 6.10 Å². The summed E-state index contributed by atoms with van der Waals surface area (Å²) in [7, 11) is 0. The highest BCUT2D eigenvalue weighted by Crippen LogP contribution is 2.40. The van der Waals surface area contributed by atoms with Crippen molar-refractivity contribution in [2.45, 2.75) is 59.0 Å². The van der Waals surface area contributed by atoms with Gasteiger partial charge in [-0.2, -0.15) is 0 Å². The van der Waals surface area contributed by atoms with Crippen LogP contribution in [0.5, 0.6) is 5.75 Å². The van der Waals surface area contributed by atoms with Crippen LogP contribution in [0.4, 0.5) is 0 Å². The van der Waals surface area contributed by atoms with Gasteiger partial charge in [-0.1, -0.05) is 107 Å². The lowest BCUT2D eigenvalue weighted by molar-refractivity contribution is 0.218. The summed E-state index contributed by atoms with van der Waals surface area (Å²) in [5.41, 5.74) is 8.81. The monoisotopic (exact) mass is 448 g/mol. The first kappa shape index (κ1) is 23.8. The zero-order valence-corrected chi connectivity index (χ0v) is 21.1. The van der Waals surface area contributed by atoms with Crippen molar-refractivity contribution in [2.75, 3.05) is 0 Å². The molecule has 0 saturated carbocycles. The highest BCUT2D eigenvalue weighted by atomic mass is 16.5. The van der Waals surface area contributed by atoms with Gasteiger partial charge in [-0.3, -0.25) is 0 Å². The minimum atomic E-state index is 0.104. The van der Waals surface area contributed by atoms with E-state index in [0.717, 1.165) is 24.2 Å². The summed E-state index contributed by atoms with van der Waals surface area (Å²) in [4.78, 5) is 0. The molecule has 4 rings (SSSR count). The van der Waals surface area contributed by atoms with Crippen LogP contribution in [0.15, 0.2) is 97.1 Å².